The minimum absolute atomic E-state index is 0.203. The van der Waals surface area contributed by atoms with Gasteiger partial charge in [0.15, 0.2) is 0 Å². The second kappa shape index (κ2) is 8.57. The molecule has 2 aliphatic heterocycles. The lowest BCUT2D eigenvalue weighted by atomic mass is 10.00. The quantitative estimate of drug-likeness (QED) is 0.478. The number of carbonyl (C=O) groups excluding carboxylic acids is 3. The Kier molecular flexibility index (Phi) is 5.67. The maximum Gasteiger partial charge on any atom is 0.412 e. The van der Waals surface area contributed by atoms with Crippen LogP contribution in [0.4, 0.5) is 9.80 Å². The molecule has 1 fully saturated rings. The van der Waals surface area contributed by atoms with Gasteiger partial charge in [0.05, 0.1) is 5.56 Å². The van der Waals surface area contributed by atoms with E-state index in [0.29, 0.717) is 47.8 Å². The summed E-state index contributed by atoms with van der Waals surface area (Å²) < 4.78 is 18.1. The van der Waals surface area contributed by atoms with Crippen LogP contribution in [0.1, 0.15) is 54.3 Å². The number of esters is 1. The van der Waals surface area contributed by atoms with Gasteiger partial charge in [0.1, 0.15) is 21.9 Å². The molecule has 5 rings (SSSR count). The smallest absolute Gasteiger partial charge is 0.412 e. The van der Waals surface area contributed by atoms with Crippen molar-refractivity contribution in [3.05, 3.63) is 59.7 Å². The van der Waals surface area contributed by atoms with E-state index in [0.717, 1.165) is 10.1 Å². The van der Waals surface area contributed by atoms with E-state index >= 15 is 0 Å². The molecule has 2 aromatic carbocycles. The van der Waals surface area contributed by atoms with Crippen molar-refractivity contribution in [2.75, 3.05) is 18.4 Å². The number of nitrogens with zero attached hydrogens (tertiary/aromatic N) is 1. The first kappa shape index (κ1) is 23.2. The minimum atomic E-state index is -1.09. The van der Waals surface area contributed by atoms with Gasteiger partial charge in [-0.2, -0.15) is 0 Å². The van der Waals surface area contributed by atoms with Crippen LogP contribution in [0.15, 0.2) is 48.5 Å². The standard InChI is InChI=1S/C26H26N2O6S/c1-25(2,3)34-24(31)27-21-20(17-9-5-7-11-19(17)35-21)22(29)28-14-12-26(13-15-28)32-18-10-6-4-8-16(18)23(30)33-26/h4-11H,12-15H2,1-3H3,(H,27,31). The van der Waals surface area contributed by atoms with Gasteiger partial charge in [-0.1, -0.05) is 30.3 Å². The van der Waals surface area contributed by atoms with Crippen LogP contribution in [0.25, 0.3) is 10.1 Å². The number of para-hydroxylation sites is 1. The summed E-state index contributed by atoms with van der Waals surface area (Å²) in [7, 11) is 0. The number of benzene rings is 2. The lowest BCUT2D eigenvalue weighted by Crippen LogP contribution is -2.53. The van der Waals surface area contributed by atoms with Crippen molar-refractivity contribution in [2.45, 2.75) is 45.0 Å². The van der Waals surface area contributed by atoms with E-state index in [-0.39, 0.29) is 5.91 Å². The molecule has 182 valence electrons. The van der Waals surface area contributed by atoms with Gasteiger partial charge in [-0.05, 0) is 39.0 Å². The number of carbonyl (C=O) groups is 3. The average Bonchev–Trinajstić information content (AvgIpc) is 3.15. The number of anilines is 1. The van der Waals surface area contributed by atoms with Gasteiger partial charge in [-0.3, -0.25) is 10.1 Å². The fraction of sp³-hybridized carbons (Fsp3) is 0.346. The lowest BCUT2D eigenvalue weighted by molar-refractivity contribution is -0.177. The highest BCUT2D eigenvalue weighted by atomic mass is 32.1. The topological polar surface area (TPSA) is 94.2 Å². The predicted molar refractivity (Wildman–Crippen MR) is 132 cm³/mol. The van der Waals surface area contributed by atoms with Crippen molar-refractivity contribution < 1.29 is 28.6 Å². The summed E-state index contributed by atoms with van der Waals surface area (Å²) >= 11 is 1.33. The van der Waals surface area contributed by atoms with E-state index in [9.17, 15) is 14.4 Å². The highest BCUT2D eigenvalue weighted by Gasteiger charge is 2.46. The molecule has 1 N–H and O–H groups in total. The lowest BCUT2D eigenvalue weighted by Gasteiger charge is -2.43. The number of nitrogens with one attached hydrogen (secondary N) is 1. The van der Waals surface area contributed by atoms with Gasteiger partial charge in [0.2, 0.25) is 0 Å². The Hall–Kier alpha value is -3.59. The number of piperidine rings is 1. The van der Waals surface area contributed by atoms with E-state index < -0.39 is 23.5 Å². The molecule has 1 aromatic heterocycles. The molecule has 0 atom stereocenters. The molecular weight excluding hydrogens is 468 g/mol. The molecule has 1 spiro atoms. The van der Waals surface area contributed by atoms with Crippen molar-refractivity contribution in [2.24, 2.45) is 0 Å². The fourth-order valence-corrected chi connectivity index (χ4v) is 5.40. The second-order valence-corrected chi connectivity index (χ2v) is 10.7. The van der Waals surface area contributed by atoms with Crippen molar-refractivity contribution in [3.8, 4) is 5.75 Å². The van der Waals surface area contributed by atoms with Crippen molar-refractivity contribution >= 4 is 44.4 Å². The maximum atomic E-state index is 13.7. The Morgan fingerprint density at radius 1 is 1.03 bits per heavy atom. The molecule has 0 bridgehead atoms. The van der Waals surface area contributed by atoms with E-state index in [2.05, 4.69) is 5.32 Å². The second-order valence-electron chi connectivity index (χ2n) is 9.62. The molecule has 0 unspecified atom stereocenters. The molecule has 2 aliphatic rings. The van der Waals surface area contributed by atoms with Crippen LogP contribution in [0.5, 0.6) is 5.75 Å². The zero-order chi connectivity index (χ0) is 24.8. The maximum absolute atomic E-state index is 13.7. The van der Waals surface area contributed by atoms with Gasteiger partial charge in [0, 0.05) is 36.0 Å². The van der Waals surface area contributed by atoms with Gasteiger partial charge < -0.3 is 19.1 Å². The Balaban J connectivity index is 1.37. The number of rotatable bonds is 2. The van der Waals surface area contributed by atoms with Crippen LogP contribution in [-0.4, -0.2) is 47.3 Å². The molecule has 3 aromatic rings. The summed E-state index contributed by atoms with van der Waals surface area (Å²) in [5, 5.41) is 3.98. The van der Waals surface area contributed by atoms with Crippen LogP contribution in [-0.2, 0) is 9.47 Å². The summed E-state index contributed by atoms with van der Waals surface area (Å²) in [4.78, 5) is 40.4. The van der Waals surface area contributed by atoms with Crippen LogP contribution in [0.3, 0.4) is 0 Å². The first-order valence-electron chi connectivity index (χ1n) is 11.5. The molecule has 35 heavy (non-hydrogen) atoms. The zero-order valence-electron chi connectivity index (χ0n) is 19.8. The van der Waals surface area contributed by atoms with Crippen LogP contribution < -0.4 is 10.1 Å². The summed E-state index contributed by atoms with van der Waals surface area (Å²) in [5.41, 5.74) is 0.167. The monoisotopic (exact) mass is 494 g/mol. The van der Waals surface area contributed by atoms with Crippen molar-refractivity contribution in [1.29, 1.82) is 0 Å². The van der Waals surface area contributed by atoms with E-state index in [1.807, 2.05) is 30.3 Å². The number of fused-ring (bicyclic) bond motifs is 2. The number of hydrogen-bond donors (Lipinski definition) is 1. The van der Waals surface area contributed by atoms with Crippen molar-refractivity contribution in [3.63, 3.8) is 0 Å². The Labute approximate surface area is 206 Å². The number of thiophene rings is 1. The predicted octanol–water partition coefficient (Wildman–Crippen LogP) is 5.43. The molecule has 3 heterocycles. The van der Waals surface area contributed by atoms with Crippen LogP contribution >= 0.6 is 11.3 Å². The SMILES string of the molecule is CC(C)(C)OC(=O)Nc1sc2ccccc2c1C(=O)N1CCC2(CC1)OC(=O)c1ccccc1O2. The van der Waals surface area contributed by atoms with Gasteiger partial charge >= 0.3 is 12.1 Å². The van der Waals surface area contributed by atoms with Gasteiger partial charge in [0.25, 0.3) is 11.7 Å². The molecule has 0 aliphatic carbocycles. The molecule has 0 radical (unpaired) electrons. The summed E-state index contributed by atoms with van der Waals surface area (Å²) in [6.07, 6.45) is 0.0719. The van der Waals surface area contributed by atoms with Crippen LogP contribution in [0, 0.1) is 0 Å². The Bertz CT molecular complexity index is 1320. The summed E-state index contributed by atoms with van der Waals surface area (Å²) in [5.74, 6) is -1.21. The first-order valence-corrected chi connectivity index (χ1v) is 12.3. The molecule has 9 heteroatoms. The number of hydrogen-bond acceptors (Lipinski definition) is 7. The molecule has 8 nitrogen and oxygen atoms in total. The Morgan fingerprint density at radius 3 is 2.46 bits per heavy atom. The molecule has 0 saturated carbocycles. The summed E-state index contributed by atoms with van der Waals surface area (Å²) in [6.45, 7) is 6.03. The van der Waals surface area contributed by atoms with E-state index in [1.165, 1.54) is 11.3 Å². The third-order valence-electron chi connectivity index (χ3n) is 5.92. The highest BCUT2D eigenvalue weighted by molar-refractivity contribution is 7.23. The molecule has 2 amide bonds. The van der Waals surface area contributed by atoms with Gasteiger partial charge in [-0.25, -0.2) is 9.59 Å². The summed E-state index contributed by atoms with van der Waals surface area (Å²) in [6, 6.07) is 14.5. The van der Waals surface area contributed by atoms with E-state index in [4.69, 9.17) is 14.2 Å². The average molecular weight is 495 g/mol. The normalized spacial score (nSPS) is 16.9. The zero-order valence-corrected chi connectivity index (χ0v) is 20.6. The van der Waals surface area contributed by atoms with E-state index in [1.54, 1.807) is 43.9 Å². The number of likely N-dealkylation sites (tertiary alicyclic amines) is 1. The highest BCUT2D eigenvalue weighted by Crippen LogP contribution is 2.40. The van der Waals surface area contributed by atoms with Gasteiger partial charge in [-0.15, -0.1) is 11.3 Å². The largest absolute Gasteiger partial charge is 0.451 e. The Morgan fingerprint density at radius 2 is 1.71 bits per heavy atom. The number of amides is 2. The minimum Gasteiger partial charge on any atom is -0.451 e. The fourth-order valence-electron chi connectivity index (χ4n) is 4.32. The third kappa shape index (κ3) is 4.55. The molecule has 1 saturated heterocycles. The van der Waals surface area contributed by atoms with Crippen LogP contribution in [0.2, 0.25) is 0 Å². The molecular formula is C26H26N2O6S. The van der Waals surface area contributed by atoms with Crippen molar-refractivity contribution in [1.82, 2.24) is 4.90 Å². The first-order chi connectivity index (χ1) is 16.6. The third-order valence-corrected chi connectivity index (χ3v) is 7.00. The number of ether oxygens (including phenoxy) is 3.